The Morgan fingerprint density at radius 1 is 1.00 bits per heavy atom. The molecule has 1 atom stereocenters. The van der Waals surface area contributed by atoms with Gasteiger partial charge >= 0.3 is 0 Å². The second-order valence-electron chi connectivity index (χ2n) is 6.13. The minimum atomic E-state index is -0.764. The molecule has 0 bridgehead atoms. The first-order valence-corrected chi connectivity index (χ1v) is 8.25. The van der Waals surface area contributed by atoms with Crippen molar-refractivity contribution in [1.29, 1.82) is 0 Å². The van der Waals surface area contributed by atoms with Crippen LogP contribution < -0.4 is 16.0 Å². The Morgan fingerprint density at radius 2 is 1.73 bits per heavy atom. The van der Waals surface area contributed by atoms with Gasteiger partial charge in [0.2, 0.25) is 11.8 Å². The van der Waals surface area contributed by atoms with Gasteiger partial charge in [0, 0.05) is 11.1 Å². The molecule has 0 radical (unpaired) electrons. The largest absolute Gasteiger partial charge is 0.373 e. The zero-order chi connectivity index (χ0) is 18.1. The summed E-state index contributed by atoms with van der Waals surface area (Å²) in [4.78, 5) is 24.9. The number of hydrogen-bond acceptors (Lipinski definition) is 3. The Hall–Kier alpha value is -3.41. The van der Waals surface area contributed by atoms with Crippen LogP contribution in [0.5, 0.6) is 0 Å². The van der Waals surface area contributed by atoms with E-state index in [1.54, 1.807) is 12.1 Å². The highest BCUT2D eigenvalue weighted by molar-refractivity contribution is 6.13. The number of carbonyl (C=O) groups excluding carboxylic acids is 2. The number of nitrogens with one attached hydrogen (secondary N) is 3. The van der Waals surface area contributed by atoms with E-state index in [1.807, 2.05) is 36.4 Å². The number of para-hydroxylation sites is 1. The summed E-state index contributed by atoms with van der Waals surface area (Å²) in [6.07, 6.45) is -0.120. The zero-order valence-electron chi connectivity index (χ0n) is 13.8. The maximum atomic E-state index is 13.7. The summed E-state index contributed by atoms with van der Waals surface area (Å²) < 4.78 is 13.7. The van der Waals surface area contributed by atoms with Crippen LogP contribution in [0.2, 0.25) is 0 Å². The molecule has 1 heterocycles. The number of halogens is 1. The SMILES string of the molecule is O=C(C[C@H]1Nc2cccc3cccc(c23)NC1=O)Nc1ccccc1F. The molecule has 0 spiro atoms. The van der Waals surface area contributed by atoms with E-state index in [1.165, 1.54) is 12.1 Å². The number of carbonyl (C=O) groups is 2. The van der Waals surface area contributed by atoms with Crippen molar-refractivity contribution in [2.45, 2.75) is 12.5 Å². The van der Waals surface area contributed by atoms with Crippen LogP contribution in [0.1, 0.15) is 6.42 Å². The van der Waals surface area contributed by atoms with Gasteiger partial charge in [-0.3, -0.25) is 9.59 Å². The van der Waals surface area contributed by atoms with Gasteiger partial charge in [-0.05, 0) is 29.7 Å². The maximum Gasteiger partial charge on any atom is 0.247 e. The van der Waals surface area contributed by atoms with Crippen molar-refractivity contribution in [3.8, 4) is 0 Å². The van der Waals surface area contributed by atoms with E-state index in [4.69, 9.17) is 0 Å². The van der Waals surface area contributed by atoms with Crippen LogP contribution in [0.15, 0.2) is 60.7 Å². The molecule has 130 valence electrons. The van der Waals surface area contributed by atoms with Gasteiger partial charge in [0.1, 0.15) is 11.9 Å². The molecule has 1 aliphatic rings. The van der Waals surface area contributed by atoms with Gasteiger partial charge in [-0.1, -0.05) is 36.4 Å². The van der Waals surface area contributed by atoms with E-state index in [0.717, 1.165) is 16.5 Å². The third-order valence-corrected chi connectivity index (χ3v) is 4.35. The Labute approximate surface area is 149 Å². The highest BCUT2D eigenvalue weighted by atomic mass is 19.1. The van der Waals surface area contributed by atoms with Crippen LogP contribution in [0.25, 0.3) is 10.8 Å². The first kappa shape index (κ1) is 16.1. The lowest BCUT2D eigenvalue weighted by atomic mass is 10.1. The Morgan fingerprint density at radius 3 is 2.50 bits per heavy atom. The van der Waals surface area contributed by atoms with Crippen LogP contribution in [-0.4, -0.2) is 17.9 Å². The second-order valence-corrected chi connectivity index (χ2v) is 6.13. The lowest BCUT2D eigenvalue weighted by molar-refractivity contribution is -0.121. The van der Waals surface area contributed by atoms with Crippen LogP contribution in [-0.2, 0) is 9.59 Å². The van der Waals surface area contributed by atoms with E-state index < -0.39 is 17.8 Å². The smallest absolute Gasteiger partial charge is 0.247 e. The van der Waals surface area contributed by atoms with Crippen molar-refractivity contribution >= 4 is 39.6 Å². The molecule has 26 heavy (non-hydrogen) atoms. The van der Waals surface area contributed by atoms with Crippen molar-refractivity contribution in [2.75, 3.05) is 16.0 Å². The lowest BCUT2D eigenvalue weighted by Crippen LogP contribution is -2.36. The molecule has 0 fully saturated rings. The van der Waals surface area contributed by atoms with E-state index >= 15 is 0 Å². The average Bonchev–Trinajstić information content (AvgIpc) is 2.76. The number of hydrogen-bond donors (Lipinski definition) is 3. The molecule has 5 nitrogen and oxygen atoms in total. The molecule has 0 aromatic heterocycles. The van der Waals surface area contributed by atoms with Gasteiger partial charge in [-0.15, -0.1) is 0 Å². The van der Waals surface area contributed by atoms with Crippen LogP contribution in [0, 0.1) is 5.82 Å². The van der Waals surface area contributed by atoms with Gasteiger partial charge in [-0.2, -0.15) is 0 Å². The predicted molar refractivity (Wildman–Crippen MR) is 99.6 cm³/mol. The van der Waals surface area contributed by atoms with Crippen LogP contribution in [0.3, 0.4) is 0 Å². The van der Waals surface area contributed by atoms with Gasteiger partial charge < -0.3 is 16.0 Å². The Balaban J connectivity index is 1.57. The van der Waals surface area contributed by atoms with Crippen molar-refractivity contribution < 1.29 is 14.0 Å². The quantitative estimate of drug-likeness (QED) is 0.675. The fraction of sp³-hybridized carbons (Fsp3) is 0.100. The highest BCUT2D eigenvalue weighted by Gasteiger charge is 2.26. The average molecular weight is 349 g/mol. The monoisotopic (exact) mass is 349 g/mol. The summed E-state index contributed by atoms with van der Waals surface area (Å²) in [5.41, 5.74) is 1.57. The molecule has 6 heteroatoms. The van der Waals surface area contributed by atoms with Crippen molar-refractivity contribution in [3.63, 3.8) is 0 Å². The zero-order valence-corrected chi connectivity index (χ0v) is 13.8. The van der Waals surface area contributed by atoms with Crippen LogP contribution in [0.4, 0.5) is 21.5 Å². The highest BCUT2D eigenvalue weighted by Crippen LogP contribution is 2.33. The molecule has 3 aromatic carbocycles. The summed E-state index contributed by atoms with van der Waals surface area (Å²) >= 11 is 0. The van der Waals surface area contributed by atoms with Crippen molar-refractivity contribution in [1.82, 2.24) is 0 Å². The summed E-state index contributed by atoms with van der Waals surface area (Å²) in [6, 6.07) is 16.5. The molecule has 0 saturated heterocycles. The topological polar surface area (TPSA) is 70.2 Å². The van der Waals surface area contributed by atoms with Crippen LogP contribution >= 0.6 is 0 Å². The summed E-state index contributed by atoms with van der Waals surface area (Å²) in [7, 11) is 0. The third kappa shape index (κ3) is 2.97. The molecule has 0 saturated carbocycles. The van der Waals surface area contributed by atoms with Gasteiger partial charge in [0.25, 0.3) is 0 Å². The fourth-order valence-electron chi connectivity index (χ4n) is 3.13. The number of benzene rings is 3. The summed E-state index contributed by atoms with van der Waals surface area (Å²) in [6.45, 7) is 0. The van der Waals surface area contributed by atoms with Gasteiger partial charge in [-0.25, -0.2) is 4.39 Å². The van der Waals surface area contributed by atoms with E-state index in [9.17, 15) is 14.0 Å². The first-order valence-electron chi connectivity index (χ1n) is 8.25. The molecule has 1 aliphatic heterocycles. The van der Waals surface area contributed by atoms with Crippen molar-refractivity contribution in [2.24, 2.45) is 0 Å². The van der Waals surface area contributed by atoms with Gasteiger partial charge in [0.05, 0.1) is 17.8 Å². The summed E-state index contributed by atoms with van der Waals surface area (Å²) in [5, 5.41) is 10.4. The molecular formula is C20H16FN3O2. The summed E-state index contributed by atoms with van der Waals surface area (Å²) in [5.74, 6) is -1.27. The second kappa shape index (κ2) is 6.48. The van der Waals surface area contributed by atoms with Crippen molar-refractivity contribution in [3.05, 3.63) is 66.5 Å². The molecule has 0 aliphatic carbocycles. The van der Waals surface area contributed by atoms with E-state index in [-0.39, 0.29) is 18.0 Å². The normalized spacial score (nSPS) is 15.7. The number of amides is 2. The molecular weight excluding hydrogens is 333 g/mol. The fourth-order valence-corrected chi connectivity index (χ4v) is 3.13. The molecule has 3 aromatic rings. The Kier molecular flexibility index (Phi) is 4.01. The number of anilines is 3. The minimum absolute atomic E-state index is 0.0944. The van der Waals surface area contributed by atoms with E-state index in [0.29, 0.717) is 5.69 Å². The predicted octanol–water partition coefficient (Wildman–Crippen LogP) is 3.74. The first-order chi connectivity index (χ1) is 12.6. The molecule has 3 N–H and O–H groups in total. The number of rotatable bonds is 3. The minimum Gasteiger partial charge on any atom is -0.373 e. The third-order valence-electron chi connectivity index (χ3n) is 4.35. The van der Waals surface area contributed by atoms with Gasteiger partial charge in [0.15, 0.2) is 0 Å². The van der Waals surface area contributed by atoms with E-state index in [2.05, 4.69) is 16.0 Å². The molecule has 4 rings (SSSR count). The maximum absolute atomic E-state index is 13.7. The lowest BCUT2D eigenvalue weighted by Gasteiger charge is -2.16. The Bertz CT molecular complexity index is 1010. The molecule has 0 unspecified atom stereocenters. The standard InChI is InChI=1S/C20H16FN3O2/c21-13-7-1-2-8-14(13)23-18(25)11-17-20(26)24-16-10-4-6-12-5-3-9-15(22-17)19(12)16/h1-10,17,22H,11H2,(H,23,25)(H,24,26)/t17-/m1/s1. The molecule has 2 amide bonds.